The van der Waals surface area contributed by atoms with Crippen molar-refractivity contribution in [3.05, 3.63) is 83.3 Å². The second kappa shape index (κ2) is 8.40. The minimum Gasteiger partial charge on any atom is -0.345 e. The lowest BCUT2D eigenvalue weighted by Crippen LogP contribution is -2.37. The van der Waals surface area contributed by atoms with E-state index >= 15 is 0 Å². The number of imidazole rings is 1. The van der Waals surface area contributed by atoms with Gasteiger partial charge < -0.3 is 14.6 Å². The van der Waals surface area contributed by atoms with E-state index < -0.39 is 0 Å². The fourth-order valence-electron chi connectivity index (χ4n) is 4.50. The van der Waals surface area contributed by atoms with Crippen molar-refractivity contribution >= 4 is 17.5 Å². The molecule has 0 saturated heterocycles. The maximum atomic E-state index is 13.3. The Kier molecular flexibility index (Phi) is 5.09. The van der Waals surface area contributed by atoms with E-state index in [0.29, 0.717) is 43.4 Å². The molecule has 1 aliphatic carbocycles. The molecule has 6 rings (SSSR count). The minimum atomic E-state index is -0.238. The third-order valence-electron chi connectivity index (χ3n) is 6.50. The lowest BCUT2D eigenvalue weighted by atomic mass is 10.0. The Morgan fingerprint density at radius 1 is 1.12 bits per heavy atom. The van der Waals surface area contributed by atoms with Crippen molar-refractivity contribution in [3.63, 3.8) is 0 Å². The van der Waals surface area contributed by atoms with Gasteiger partial charge >= 0.3 is 0 Å². The van der Waals surface area contributed by atoms with Gasteiger partial charge in [-0.1, -0.05) is 12.1 Å². The molecule has 5 heterocycles. The summed E-state index contributed by atoms with van der Waals surface area (Å²) in [6.07, 6.45) is 8.41. The first-order valence-corrected chi connectivity index (χ1v) is 11.7. The number of carbonyl (C=O) groups excluding carboxylic acids is 2. The van der Waals surface area contributed by atoms with Crippen LogP contribution in [0.1, 0.15) is 50.8 Å². The first-order valence-electron chi connectivity index (χ1n) is 11.7. The number of nitrogens with one attached hydrogen (secondary N) is 1. The highest BCUT2D eigenvalue weighted by molar-refractivity contribution is 5.95. The topological polar surface area (TPSA) is 97.4 Å². The van der Waals surface area contributed by atoms with Crippen molar-refractivity contribution in [3.8, 4) is 0 Å². The molecule has 172 valence electrons. The zero-order valence-electron chi connectivity index (χ0n) is 18.7. The van der Waals surface area contributed by atoms with Gasteiger partial charge in [0.15, 0.2) is 5.69 Å². The summed E-state index contributed by atoms with van der Waals surface area (Å²) in [7, 11) is 0. The molecular formula is C25H25N7O2. The number of hydrogen-bond acceptors (Lipinski definition) is 5. The van der Waals surface area contributed by atoms with E-state index in [0.717, 1.165) is 29.1 Å². The molecule has 0 radical (unpaired) electrons. The number of rotatable bonds is 6. The average molecular weight is 456 g/mol. The number of pyridine rings is 2. The normalized spacial score (nSPS) is 15.4. The summed E-state index contributed by atoms with van der Waals surface area (Å²) in [4.78, 5) is 36.9. The number of hydrogen-bond donors (Lipinski definition) is 1. The fraction of sp³-hybridized carbons (Fsp3) is 0.320. The summed E-state index contributed by atoms with van der Waals surface area (Å²) < 4.78 is 3.84. The number of carbonyl (C=O) groups is 2. The molecule has 0 unspecified atom stereocenters. The van der Waals surface area contributed by atoms with Gasteiger partial charge in [0.2, 0.25) is 0 Å². The Hall–Kier alpha value is -4.01. The van der Waals surface area contributed by atoms with Crippen LogP contribution in [0.4, 0.5) is 0 Å². The van der Waals surface area contributed by atoms with Crippen molar-refractivity contribution in [2.45, 2.75) is 38.9 Å². The molecule has 0 bridgehead atoms. The summed E-state index contributed by atoms with van der Waals surface area (Å²) in [5, 5.41) is 7.66. The quantitative estimate of drug-likeness (QED) is 0.482. The molecule has 0 aromatic carbocycles. The number of fused-ring (bicyclic) bond motifs is 2. The maximum absolute atomic E-state index is 13.3. The second-order valence-electron chi connectivity index (χ2n) is 8.97. The zero-order valence-corrected chi connectivity index (χ0v) is 18.7. The molecule has 0 atom stereocenters. The van der Waals surface area contributed by atoms with Crippen molar-refractivity contribution < 1.29 is 9.59 Å². The Morgan fingerprint density at radius 3 is 2.79 bits per heavy atom. The molecule has 34 heavy (non-hydrogen) atoms. The average Bonchev–Trinajstić information content (AvgIpc) is 3.47. The van der Waals surface area contributed by atoms with Gasteiger partial charge in [0.25, 0.3) is 11.8 Å². The van der Waals surface area contributed by atoms with Gasteiger partial charge in [-0.25, -0.2) is 4.98 Å². The molecular weight excluding hydrogens is 430 g/mol. The fourth-order valence-corrected chi connectivity index (χ4v) is 4.50. The second-order valence-corrected chi connectivity index (χ2v) is 8.97. The van der Waals surface area contributed by atoms with Crippen LogP contribution in [0.25, 0.3) is 5.65 Å². The molecule has 9 heteroatoms. The van der Waals surface area contributed by atoms with Crippen molar-refractivity contribution in [2.75, 3.05) is 6.54 Å². The molecule has 2 aliphatic rings. The summed E-state index contributed by atoms with van der Waals surface area (Å²) >= 11 is 0. The monoisotopic (exact) mass is 455 g/mol. The molecule has 9 nitrogen and oxygen atoms in total. The Balaban J connectivity index is 1.26. The van der Waals surface area contributed by atoms with Gasteiger partial charge in [0.05, 0.1) is 18.8 Å². The third kappa shape index (κ3) is 3.93. The predicted octanol–water partition coefficient (Wildman–Crippen LogP) is 2.46. The molecule has 1 aliphatic heterocycles. The van der Waals surface area contributed by atoms with Crippen molar-refractivity contribution in [2.24, 2.45) is 5.92 Å². The van der Waals surface area contributed by atoms with Gasteiger partial charge in [-0.3, -0.25) is 19.3 Å². The van der Waals surface area contributed by atoms with Crippen molar-refractivity contribution in [1.82, 2.24) is 34.4 Å². The predicted molar refractivity (Wildman–Crippen MR) is 124 cm³/mol. The van der Waals surface area contributed by atoms with E-state index in [4.69, 9.17) is 5.10 Å². The van der Waals surface area contributed by atoms with Crippen LogP contribution in [0.2, 0.25) is 0 Å². The highest BCUT2D eigenvalue weighted by Crippen LogP contribution is 2.33. The first kappa shape index (κ1) is 20.6. The smallest absolute Gasteiger partial charge is 0.274 e. The molecule has 2 amide bonds. The Morgan fingerprint density at radius 2 is 2.00 bits per heavy atom. The van der Waals surface area contributed by atoms with Crippen LogP contribution in [0.5, 0.6) is 0 Å². The van der Waals surface area contributed by atoms with Crippen LogP contribution in [-0.4, -0.2) is 47.4 Å². The number of aromatic nitrogens is 5. The van der Waals surface area contributed by atoms with Crippen LogP contribution < -0.4 is 5.32 Å². The third-order valence-corrected chi connectivity index (χ3v) is 6.50. The van der Waals surface area contributed by atoms with Gasteiger partial charge in [0.1, 0.15) is 11.3 Å². The van der Waals surface area contributed by atoms with Crippen LogP contribution in [0, 0.1) is 5.92 Å². The van der Waals surface area contributed by atoms with E-state index in [2.05, 4.69) is 15.3 Å². The molecule has 1 fully saturated rings. The first-order chi connectivity index (χ1) is 16.7. The Bertz CT molecular complexity index is 1340. The molecule has 4 aromatic heterocycles. The molecule has 0 spiro atoms. The number of nitrogens with zero attached hydrogens (tertiary/aromatic N) is 6. The minimum absolute atomic E-state index is 0.135. The van der Waals surface area contributed by atoms with E-state index in [-0.39, 0.29) is 11.8 Å². The van der Waals surface area contributed by atoms with Gasteiger partial charge in [-0.05, 0) is 43.0 Å². The standard InChI is InChI=1S/C25H25N7O2/c33-24(27-13-18-5-1-3-10-26-18)23-19-15-31(12-9-21(19)32(29-23)14-17-7-8-17)25(34)20-16-30-11-4-2-6-22(30)28-20/h1-6,10-11,16-17H,7-9,12-15H2,(H,27,33). The van der Waals surface area contributed by atoms with E-state index in [1.54, 1.807) is 17.3 Å². The van der Waals surface area contributed by atoms with Gasteiger partial charge in [-0.2, -0.15) is 5.10 Å². The molecule has 4 aromatic rings. The van der Waals surface area contributed by atoms with Gasteiger partial charge in [0, 0.05) is 49.4 Å². The lowest BCUT2D eigenvalue weighted by molar-refractivity contribution is 0.0725. The van der Waals surface area contributed by atoms with E-state index in [9.17, 15) is 9.59 Å². The van der Waals surface area contributed by atoms with Crippen molar-refractivity contribution in [1.29, 1.82) is 0 Å². The van der Waals surface area contributed by atoms with Crippen LogP contribution >= 0.6 is 0 Å². The number of amides is 2. The Labute approximate surface area is 196 Å². The summed E-state index contributed by atoms with van der Waals surface area (Å²) in [5.74, 6) is 0.258. The van der Waals surface area contributed by atoms with Crippen LogP contribution in [0.3, 0.4) is 0 Å². The lowest BCUT2D eigenvalue weighted by Gasteiger charge is -2.27. The van der Waals surface area contributed by atoms with Gasteiger partial charge in [-0.15, -0.1) is 0 Å². The summed E-state index contributed by atoms with van der Waals surface area (Å²) in [6.45, 7) is 2.08. The highest BCUT2D eigenvalue weighted by Gasteiger charge is 2.33. The zero-order chi connectivity index (χ0) is 23.1. The summed E-state index contributed by atoms with van der Waals surface area (Å²) in [5.41, 5.74) is 4.22. The molecule has 1 saturated carbocycles. The van der Waals surface area contributed by atoms with E-state index in [1.165, 1.54) is 12.8 Å². The summed E-state index contributed by atoms with van der Waals surface area (Å²) in [6, 6.07) is 11.3. The molecule has 1 N–H and O–H groups in total. The maximum Gasteiger partial charge on any atom is 0.274 e. The van der Waals surface area contributed by atoms with Crippen LogP contribution in [0.15, 0.2) is 55.0 Å². The highest BCUT2D eigenvalue weighted by atomic mass is 16.2. The van der Waals surface area contributed by atoms with Crippen LogP contribution in [-0.2, 0) is 26.1 Å². The SMILES string of the molecule is O=C(NCc1ccccn1)c1nn(CC2CC2)c2c1CN(C(=O)c1cn3ccccc3n1)CC2. The largest absolute Gasteiger partial charge is 0.345 e. The van der Waals surface area contributed by atoms with E-state index in [1.807, 2.05) is 51.7 Å².